The van der Waals surface area contributed by atoms with Crippen LogP contribution in [-0.2, 0) is 36.0 Å². The molecule has 2 aromatic rings. The van der Waals surface area contributed by atoms with Gasteiger partial charge in [-0.2, -0.15) is 8.42 Å². The topological polar surface area (TPSA) is 74.7 Å². The summed E-state index contributed by atoms with van der Waals surface area (Å²) in [4.78, 5) is 4.68. The summed E-state index contributed by atoms with van der Waals surface area (Å²) in [7, 11) is -3.79. The maximum Gasteiger partial charge on any atom is 0.296 e. The fourth-order valence-corrected chi connectivity index (χ4v) is 4.71. The monoisotopic (exact) mass is 389 g/mol. The van der Waals surface area contributed by atoms with E-state index < -0.39 is 15.9 Å². The summed E-state index contributed by atoms with van der Waals surface area (Å²) < 4.78 is 42.3. The van der Waals surface area contributed by atoms with Crippen LogP contribution in [0.2, 0.25) is 0 Å². The highest BCUT2D eigenvalue weighted by atomic mass is 32.2. The number of ether oxygens (including phenoxy) is 2. The molecular weight excluding hydrogens is 366 g/mol. The third-order valence-electron chi connectivity index (χ3n) is 5.15. The van der Waals surface area contributed by atoms with Crippen LogP contribution in [0.3, 0.4) is 0 Å². The lowest BCUT2D eigenvalue weighted by Gasteiger charge is -2.29. The standard InChI is InChI=1S/C20H23NO5S/c1-15-4-8-18(9-5-15)27(22,23)26-14-16-6-7-17-3-2-10-21-19(17)20(13-16)24-11-12-25-20/h2-5,8-10,16H,6-7,11-14H2,1H3/t16-/m1/s1. The molecule has 1 saturated heterocycles. The molecule has 0 N–H and O–H groups in total. The largest absolute Gasteiger partial charge is 0.342 e. The summed E-state index contributed by atoms with van der Waals surface area (Å²) >= 11 is 0. The molecule has 27 heavy (non-hydrogen) atoms. The van der Waals surface area contributed by atoms with E-state index >= 15 is 0 Å². The molecule has 144 valence electrons. The van der Waals surface area contributed by atoms with Crippen molar-refractivity contribution in [1.29, 1.82) is 0 Å². The average Bonchev–Trinajstić information content (AvgIpc) is 3.07. The second-order valence-corrected chi connectivity index (χ2v) is 8.74. The van der Waals surface area contributed by atoms with Crippen LogP contribution in [0.25, 0.3) is 0 Å². The van der Waals surface area contributed by atoms with Gasteiger partial charge in [0.15, 0.2) is 0 Å². The van der Waals surface area contributed by atoms with E-state index in [1.54, 1.807) is 30.5 Å². The number of pyridine rings is 1. The number of hydrogen-bond donors (Lipinski definition) is 0. The van der Waals surface area contributed by atoms with E-state index in [1.807, 2.05) is 19.1 Å². The molecule has 7 heteroatoms. The van der Waals surface area contributed by atoms with Crippen molar-refractivity contribution in [1.82, 2.24) is 4.98 Å². The first kappa shape index (κ1) is 18.6. The van der Waals surface area contributed by atoms with Crippen molar-refractivity contribution in [3.05, 3.63) is 59.4 Å². The summed E-state index contributed by atoms with van der Waals surface area (Å²) in [6, 6.07) is 10.6. The molecule has 1 aliphatic carbocycles. The van der Waals surface area contributed by atoms with Crippen molar-refractivity contribution < 1.29 is 22.1 Å². The zero-order valence-corrected chi connectivity index (χ0v) is 16.1. The number of benzene rings is 1. The van der Waals surface area contributed by atoms with Gasteiger partial charge in [0, 0.05) is 12.6 Å². The first-order valence-electron chi connectivity index (χ1n) is 9.17. The number of hydrogen-bond acceptors (Lipinski definition) is 6. The van der Waals surface area contributed by atoms with Crippen molar-refractivity contribution in [3.8, 4) is 0 Å². The van der Waals surface area contributed by atoms with Gasteiger partial charge >= 0.3 is 0 Å². The van der Waals surface area contributed by atoms with Gasteiger partial charge in [-0.05, 0) is 49.4 Å². The third kappa shape index (κ3) is 3.78. The van der Waals surface area contributed by atoms with Crippen LogP contribution < -0.4 is 0 Å². The van der Waals surface area contributed by atoms with Gasteiger partial charge in [-0.15, -0.1) is 0 Å². The van der Waals surface area contributed by atoms with Gasteiger partial charge in [-0.3, -0.25) is 9.17 Å². The quantitative estimate of drug-likeness (QED) is 0.749. The van der Waals surface area contributed by atoms with Crippen molar-refractivity contribution in [3.63, 3.8) is 0 Å². The molecule has 1 atom stereocenters. The first-order chi connectivity index (χ1) is 13.0. The minimum atomic E-state index is -3.79. The zero-order chi connectivity index (χ0) is 18.9. The molecule has 1 spiro atoms. The molecule has 0 radical (unpaired) electrons. The Hall–Kier alpha value is -1.80. The molecule has 1 aromatic heterocycles. The normalized spacial score (nSPS) is 21.7. The van der Waals surface area contributed by atoms with E-state index in [0.29, 0.717) is 19.6 Å². The van der Waals surface area contributed by atoms with E-state index in [9.17, 15) is 8.42 Å². The summed E-state index contributed by atoms with van der Waals surface area (Å²) in [6.07, 6.45) is 3.84. The van der Waals surface area contributed by atoms with E-state index in [0.717, 1.165) is 29.7 Å². The Kier molecular flexibility index (Phi) is 5.03. The van der Waals surface area contributed by atoms with Gasteiger partial charge in [0.05, 0.1) is 24.7 Å². The number of aromatic nitrogens is 1. The summed E-state index contributed by atoms with van der Waals surface area (Å²) in [6.45, 7) is 3.02. The number of nitrogens with zero attached hydrogens (tertiary/aromatic N) is 1. The van der Waals surface area contributed by atoms with Crippen molar-refractivity contribution in [2.24, 2.45) is 5.92 Å². The Bertz CT molecular complexity index is 904. The molecule has 0 bridgehead atoms. The fraction of sp³-hybridized carbons (Fsp3) is 0.450. The Morgan fingerprint density at radius 3 is 2.67 bits per heavy atom. The second-order valence-electron chi connectivity index (χ2n) is 7.12. The molecule has 6 nitrogen and oxygen atoms in total. The Morgan fingerprint density at radius 2 is 1.93 bits per heavy atom. The van der Waals surface area contributed by atoms with Gasteiger partial charge in [0.1, 0.15) is 5.69 Å². The molecular formula is C20H23NO5S. The van der Waals surface area contributed by atoms with E-state index in [2.05, 4.69) is 4.98 Å². The SMILES string of the molecule is Cc1ccc(S(=O)(=O)OC[C@@H]2CCc3cccnc3C3(C2)OCCO3)cc1. The highest BCUT2D eigenvalue weighted by molar-refractivity contribution is 7.86. The van der Waals surface area contributed by atoms with Crippen molar-refractivity contribution >= 4 is 10.1 Å². The maximum absolute atomic E-state index is 12.5. The fourth-order valence-electron chi connectivity index (χ4n) is 3.73. The van der Waals surface area contributed by atoms with Gasteiger partial charge in [-0.25, -0.2) is 0 Å². The zero-order valence-electron chi connectivity index (χ0n) is 15.3. The Labute approximate surface area is 159 Å². The summed E-state index contributed by atoms with van der Waals surface area (Å²) in [5, 5.41) is 0. The minimum Gasteiger partial charge on any atom is -0.342 e. The number of rotatable bonds is 4. The number of aryl methyl sites for hydroxylation is 2. The van der Waals surface area contributed by atoms with Gasteiger partial charge in [-0.1, -0.05) is 23.8 Å². The van der Waals surface area contributed by atoms with Crippen LogP contribution in [0, 0.1) is 12.8 Å². The van der Waals surface area contributed by atoms with Crippen LogP contribution in [0.15, 0.2) is 47.5 Å². The molecule has 2 aliphatic rings. The van der Waals surface area contributed by atoms with E-state index in [-0.39, 0.29) is 17.4 Å². The van der Waals surface area contributed by atoms with Gasteiger partial charge in [0.2, 0.25) is 5.79 Å². The molecule has 0 amide bonds. The molecule has 1 aliphatic heterocycles. The molecule has 0 unspecified atom stereocenters. The van der Waals surface area contributed by atoms with Crippen LogP contribution in [0.5, 0.6) is 0 Å². The Balaban J connectivity index is 1.51. The van der Waals surface area contributed by atoms with Crippen molar-refractivity contribution in [2.45, 2.75) is 36.9 Å². The lowest BCUT2D eigenvalue weighted by molar-refractivity contribution is -0.182. The molecule has 1 aromatic carbocycles. The predicted octanol–water partition coefficient (Wildman–Crippen LogP) is 2.95. The van der Waals surface area contributed by atoms with Gasteiger partial charge in [0.25, 0.3) is 10.1 Å². The van der Waals surface area contributed by atoms with Crippen LogP contribution >= 0.6 is 0 Å². The average molecular weight is 389 g/mol. The minimum absolute atomic E-state index is 0.0162. The predicted molar refractivity (Wildman–Crippen MR) is 98.6 cm³/mol. The highest BCUT2D eigenvalue weighted by Crippen LogP contribution is 2.42. The summed E-state index contributed by atoms with van der Waals surface area (Å²) in [5.74, 6) is -0.910. The van der Waals surface area contributed by atoms with Crippen LogP contribution in [0.1, 0.15) is 29.7 Å². The second kappa shape index (κ2) is 7.31. The summed E-state index contributed by atoms with van der Waals surface area (Å²) in [5.41, 5.74) is 2.90. The molecule has 1 fully saturated rings. The van der Waals surface area contributed by atoms with E-state index in [1.165, 1.54) is 0 Å². The Morgan fingerprint density at radius 1 is 1.19 bits per heavy atom. The lowest BCUT2D eigenvalue weighted by atomic mass is 9.97. The molecule has 2 heterocycles. The van der Waals surface area contributed by atoms with E-state index in [4.69, 9.17) is 13.7 Å². The van der Waals surface area contributed by atoms with Crippen molar-refractivity contribution in [2.75, 3.05) is 19.8 Å². The lowest BCUT2D eigenvalue weighted by Crippen LogP contribution is -2.32. The smallest absolute Gasteiger partial charge is 0.296 e. The van der Waals surface area contributed by atoms with Crippen LogP contribution in [0.4, 0.5) is 0 Å². The maximum atomic E-state index is 12.5. The molecule has 0 saturated carbocycles. The molecule has 4 rings (SSSR count). The number of fused-ring (bicyclic) bond motifs is 2. The third-order valence-corrected chi connectivity index (χ3v) is 6.45. The highest BCUT2D eigenvalue weighted by Gasteiger charge is 2.45. The first-order valence-corrected chi connectivity index (χ1v) is 10.6. The van der Waals surface area contributed by atoms with Gasteiger partial charge < -0.3 is 9.47 Å². The van der Waals surface area contributed by atoms with Crippen LogP contribution in [-0.4, -0.2) is 33.2 Å².